The summed E-state index contributed by atoms with van der Waals surface area (Å²) in [4.78, 5) is 25.1. The first kappa shape index (κ1) is 41.1. The Morgan fingerprint density at radius 2 is 1.22 bits per heavy atom. The van der Waals surface area contributed by atoms with Gasteiger partial charge in [-0.1, -0.05) is 52.0 Å². The number of hydrogen-bond donors (Lipinski definition) is 2. The molecule has 0 aliphatic carbocycles. The van der Waals surface area contributed by atoms with Crippen LogP contribution in [0.25, 0.3) is 0 Å². The Kier molecular flexibility index (Phi) is 12.7. The smallest absolute Gasteiger partial charge is 0.303 e. The number of ether oxygens (including phenoxy) is 9. The van der Waals surface area contributed by atoms with Gasteiger partial charge in [0.2, 0.25) is 0 Å². The molecule has 54 heavy (non-hydrogen) atoms. The number of methoxy groups -OCH3 is 2. The summed E-state index contributed by atoms with van der Waals surface area (Å²) < 4.78 is 52.8. The summed E-state index contributed by atoms with van der Waals surface area (Å²) in [6, 6.07) is 17.3. The maximum Gasteiger partial charge on any atom is 0.303 e. The zero-order valence-corrected chi connectivity index (χ0v) is 32.6. The summed E-state index contributed by atoms with van der Waals surface area (Å²) in [7, 11) is 3.00. The van der Waals surface area contributed by atoms with Crippen molar-refractivity contribution >= 4 is 17.6 Å². The van der Waals surface area contributed by atoms with E-state index in [0.717, 1.165) is 0 Å². The number of rotatable bonds is 14. The third-order valence-electron chi connectivity index (χ3n) is 8.98. The molecule has 0 spiro atoms. The Bertz CT molecular complexity index is 1680. The zero-order chi connectivity index (χ0) is 39.3. The monoisotopic (exact) mass is 751 g/mol. The summed E-state index contributed by atoms with van der Waals surface area (Å²) >= 11 is 0. The average molecular weight is 752 g/mol. The van der Waals surface area contributed by atoms with Crippen LogP contribution < -0.4 is 14.8 Å². The zero-order valence-electron chi connectivity index (χ0n) is 32.6. The van der Waals surface area contributed by atoms with Crippen LogP contribution in [0.15, 0.2) is 60.7 Å². The maximum absolute atomic E-state index is 13.6. The highest BCUT2D eigenvalue weighted by Gasteiger charge is 2.42. The first-order chi connectivity index (χ1) is 25.5. The topological polar surface area (TPSA) is 149 Å². The van der Waals surface area contributed by atoms with Gasteiger partial charge in [0.05, 0.1) is 26.4 Å². The van der Waals surface area contributed by atoms with Gasteiger partial charge < -0.3 is 53.1 Å². The Balaban J connectivity index is 1.73. The number of anilines is 1. The minimum atomic E-state index is -2.06. The van der Waals surface area contributed by atoms with Gasteiger partial charge in [-0.15, -0.1) is 0 Å². The van der Waals surface area contributed by atoms with Crippen molar-refractivity contribution in [1.82, 2.24) is 0 Å². The Morgan fingerprint density at radius 3 is 1.65 bits per heavy atom. The van der Waals surface area contributed by atoms with Crippen molar-refractivity contribution in [2.45, 2.75) is 72.2 Å². The second-order valence-electron chi connectivity index (χ2n) is 15.7. The summed E-state index contributed by atoms with van der Waals surface area (Å²) in [6.45, 7) is 14.0. The lowest BCUT2D eigenvalue weighted by atomic mass is 9.78. The molecule has 13 heteroatoms. The SMILES string of the molecule is COCOc1ccc(C2OCC(C)(C)CO2)cc1C(O)(c1cccc(NC(=O)C(C)(C)OC(C)=O)c1)c1cc(C2OCC(C)(C)CO2)ccc1OCOC. The normalized spacial score (nSPS) is 17.8. The number of aliphatic hydroxyl groups is 1. The highest BCUT2D eigenvalue weighted by atomic mass is 16.7. The minimum Gasteiger partial charge on any atom is -0.467 e. The third kappa shape index (κ3) is 9.58. The van der Waals surface area contributed by atoms with E-state index in [9.17, 15) is 14.7 Å². The van der Waals surface area contributed by atoms with Crippen molar-refractivity contribution < 1.29 is 57.3 Å². The fourth-order valence-corrected chi connectivity index (χ4v) is 6.19. The van der Waals surface area contributed by atoms with Crippen LogP contribution in [0.3, 0.4) is 0 Å². The number of carbonyl (C=O) groups is 2. The van der Waals surface area contributed by atoms with Crippen LogP contribution in [-0.4, -0.2) is 76.8 Å². The van der Waals surface area contributed by atoms with Gasteiger partial charge in [-0.2, -0.15) is 0 Å². The van der Waals surface area contributed by atoms with Crippen LogP contribution in [-0.2, 0) is 48.3 Å². The van der Waals surface area contributed by atoms with E-state index in [1.165, 1.54) is 35.0 Å². The van der Waals surface area contributed by atoms with Crippen molar-refractivity contribution in [3.63, 3.8) is 0 Å². The summed E-state index contributed by atoms with van der Waals surface area (Å²) in [5.41, 5.74) is -1.40. The van der Waals surface area contributed by atoms with Gasteiger partial charge >= 0.3 is 5.97 Å². The van der Waals surface area contributed by atoms with Gasteiger partial charge in [0.15, 0.2) is 31.8 Å². The molecular weight excluding hydrogens is 698 g/mol. The quantitative estimate of drug-likeness (QED) is 0.107. The van der Waals surface area contributed by atoms with Gasteiger partial charge in [-0.3, -0.25) is 9.59 Å². The van der Waals surface area contributed by atoms with Crippen LogP contribution in [0.4, 0.5) is 5.69 Å². The molecule has 2 fully saturated rings. The van der Waals surface area contributed by atoms with Crippen molar-refractivity contribution in [3.05, 3.63) is 88.5 Å². The molecule has 2 aliphatic heterocycles. The first-order valence-electron chi connectivity index (χ1n) is 17.8. The number of benzene rings is 3. The fraction of sp³-hybridized carbons (Fsp3) is 0.512. The highest BCUT2D eigenvalue weighted by molar-refractivity contribution is 5.98. The van der Waals surface area contributed by atoms with Crippen LogP contribution in [0.1, 0.15) is 88.9 Å². The van der Waals surface area contributed by atoms with Crippen molar-refractivity contribution in [2.24, 2.45) is 10.8 Å². The maximum atomic E-state index is 13.6. The van der Waals surface area contributed by atoms with E-state index in [1.54, 1.807) is 48.5 Å². The lowest BCUT2D eigenvalue weighted by molar-refractivity contribution is -0.226. The number of amides is 1. The Hall–Kier alpha value is -4.08. The number of nitrogens with one attached hydrogen (secondary N) is 1. The van der Waals surface area contributed by atoms with Crippen molar-refractivity contribution in [1.29, 1.82) is 0 Å². The van der Waals surface area contributed by atoms with Gasteiger partial charge in [-0.05, 0) is 55.8 Å². The Morgan fingerprint density at radius 1 is 0.759 bits per heavy atom. The molecule has 2 saturated heterocycles. The molecular formula is C41H53NO12. The molecule has 13 nitrogen and oxygen atoms in total. The van der Waals surface area contributed by atoms with E-state index < -0.39 is 35.7 Å². The molecule has 0 saturated carbocycles. The van der Waals surface area contributed by atoms with Gasteiger partial charge in [0, 0.05) is 59.9 Å². The molecule has 2 heterocycles. The average Bonchev–Trinajstić information content (AvgIpc) is 3.12. The van der Waals surface area contributed by atoms with E-state index in [4.69, 9.17) is 42.6 Å². The number of hydrogen-bond acceptors (Lipinski definition) is 12. The van der Waals surface area contributed by atoms with Crippen LogP contribution in [0, 0.1) is 10.8 Å². The van der Waals surface area contributed by atoms with Gasteiger partial charge in [-0.25, -0.2) is 0 Å². The summed E-state index contributed by atoms with van der Waals surface area (Å²) in [5, 5.41) is 16.5. The molecule has 0 aromatic heterocycles. The second kappa shape index (κ2) is 16.7. The predicted octanol–water partition coefficient (Wildman–Crippen LogP) is 6.36. The largest absolute Gasteiger partial charge is 0.467 e. The van der Waals surface area contributed by atoms with Gasteiger partial charge in [0.25, 0.3) is 5.91 Å². The number of carbonyl (C=O) groups excluding carboxylic acids is 2. The molecule has 0 bridgehead atoms. The van der Waals surface area contributed by atoms with E-state index in [0.29, 0.717) is 71.4 Å². The second-order valence-corrected chi connectivity index (χ2v) is 15.7. The molecule has 5 rings (SSSR count). The molecule has 2 aliphatic rings. The molecule has 2 N–H and O–H groups in total. The third-order valence-corrected chi connectivity index (χ3v) is 8.98. The highest BCUT2D eigenvalue weighted by Crippen LogP contribution is 2.48. The Labute approximate surface area is 317 Å². The van der Waals surface area contributed by atoms with E-state index in [-0.39, 0.29) is 24.4 Å². The number of esters is 1. The molecule has 1 amide bonds. The summed E-state index contributed by atoms with van der Waals surface area (Å²) in [5.74, 6) is -0.590. The lowest BCUT2D eigenvalue weighted by Crippen LogP contribution is -2.41. The van der Waals surface area contributed by atoms with Crippen molar-refractivity contribution in [3.8, 4) is 11.5 Å². The van der Waals surface area contributed by atoms with E-state index >= 15 is 0 Å². The first-order valence-corrected chi connectivity index (χ1v) is 17.8. The molecule has 0 radical (unpaired) electrons. The molecule has 3 aromatic carbocycles. The van der Waals surface area contributed by atoms with Gasteiger partial charge in [0.1, 0.15) is 17.1 Å². The summed E-state index contributed by atoms with van der Waals surface area (Å²) in [6.07, 6.45) is -1.45. The molecule has 294 valence electrons. The fourth-order valence-electron chi connectivity index (χ4n) is 6.19. The van der Waals surface area contributed by atoms with E-state index in [1.807, 2.05) is 12.1 Å². The molecule has 3 aromatic rings. The van der Waals surface area contributed by atoms with Crippen LogP contribution >= 0.6 is 0 Å². The molecule has 0 atom stereocenters. The molecule has 0 unspecified atom stereocenters. The van der Waals surface area contributed by atoms with Crippen LogP contribution in [0.5, 0.6) is 11.5 Å². The minimum absolute atomic E-state index is 0.124. The van der Waals surface area contributed by atoms with Crippen molar-refractivity contribution in [2.75, 3.05) is 59.5 Å². The predicted molar refractivity (Wildman–Crippen MR) is 198 cm³/mol. The van der Waals surface area contributed by atoms with E-state index in [2.05, 4.69) is 33.0 Å². The lowest BCUT2D eigenvalue weighted by Gasteiger charge is -2.37. The standard InChI is InChI=1S/C41H53NO12/c1-26(43)54-40(6,7)37(44)42-30-12-10-11-29(19-30)41(45,31-17-27(13-15-33(31)52-24-46-8)35-48-20-38(2,3)21-49-35)32-18-28(14-16-34(32)53-25-47-9)36-50-22-39(4,5)23-51-36/h10-19,35-36,45H,20-25H2,1-9H3,(H,42,44). The van der Waals surface area contributed by atoms with Crippen LogP contribution in [0.2, 0.25) is 0 Å².